The second-order valence-electron chi connectivity index (χ2n) is 4.85. The van der Waals surface area contributed by atoms with Crippen molar-refractivity contribution in [1.29, 1.82) is 0 Å². The van der Waals surface area contributed by atoms with Crippen LogP contribution in [0.5, 0.6) is 0 Å². The molecule has 0 aromatic rings. The van der Waals surface area contributed by atoms with Gasteiger partial charge in [-0.1, -0.05) is 12.8 Å². The molecule has 1 saturated carbocycles. The van der Waals surface area contributed by atoms with Gasteiger partial charge in [0.2, 0.25) is 0 Å². The summed E-state index contributed by atoms with van der Waals surface area (Å²) < 4.78 is 5.18. The molecule has 0 N–H and O–H groups in total. The van der Waals surface area contributed by atoms with Crippen molar-refractivity contribution in [3.63, 3.8) is 0 Å². The lowest BCUT2D eigenvalue weighted by Gasteiger charge is -2.46. The van der Waals surface area contributed by atoms with Gasteiger partial charge in [0.15, 0.2) is 0 Å². The lowest BCUT2D eigenvalue weighted by molar-refractivity contribution is 0.0416. The van der Waals surface area contributed by atoms with Crippen molar-refractivity contribution >= 4 is 24.0 Å². The maximum absolute atomic E-state index is 6.43. The molecule has 0 aromatic heterocycles. The molecule has 2 nitrogen and oxygen atoms in total. The van der Waals surface area contributed by atoms with E-state index in [9.17, 15) is 0 Å². The summed E-state index contributed by atoms with van der Waals surface area (Å²) in [7, 11) is 1.78. The Morgan fingerprint density at radius 2 is 2.00 bits per heavy atom. The number of piperidine rings is 1. The van der Waals surface area contributed by atoms with Gasteiger partial charge < -0.3 is 4.74 Å². The van der Waals surface area contributed by atoms with Crippen LogP contribution >= 0.6 is 24.0 Å². The second kappa shape index (κ2) is 7.05. The molecule has 1 aliphatic carbocycles. The van der Waals surface area contributed by atoms with Crippen LogP contribution in [0.2, 0.25) is 0 Å². The van der Waals surface area contributed by atoms with Crippen molar-refractivity contribution in [3.05, 3.63) is 0 Å². The first-order valence-electron chi connectivity index (χ1n) is 6.20. The monoisotopic (exact) mass is 267 g/mol. The highest BCUT2D eigenvalue weighted by Gasteiger charge is 2.37. The molecule has 3 unspecified atom stereocenters. The average Bonchev–Trinajstić information content (AvgIpc) is 2.29. The highest BCUT2D eigenvalue weighted by atomic mass is 35.5. The summed E-state index contributed by atoms with van der Waals surface area (Å²) in [5, 5.41) is 0.425. The zero-order valence-electron chi connectivity index (χ0n) is 10.0. The van der Waals surface area contributed by atoms with Gasteiger partial charge >= 0.3 is 0 Å². The minimum absolute atomic E-state index is 0. The standard InChI is InChI=1S/C12H22ClNO.ClH/c1-15-9-8-14-7-6-11(13)10-4-2-3-5-12(10)14;/h10-12H,2-9H2,1H3;1H. The maximum atomic E-state index is 6.43. The molecule has 1 aliphatic heterocycles. The van der Waals surface area contributed by atoms with Crippen LogP contribution in [0.15, 0.2) is 0 Å². The molecule has 1 saturated heterocycles. The molecule has 1 heterocycles. The van der Waals surface area contributed by atoms with E-state index in [1.165, 1.54) is 32.2 Å². The summed E-state index contributed by atoms with van der Waals surface area (Å²) in [5.74, 6) is 0.742. The van der Waals surface area contributed by atoms with Gasteiger partial charge in [-0.2, -0.15) is 0 Å². The van der Waals surface area contributed by atoms with E-state index in [0.717, 1.165) is 31.5 Å². The van der Waals surface area contributed by atoms with Crippen LogP contribution in [-0.4, -0.2) is 43.1 Å². The normalized spacial score (nSPS) is 35.2. The highest BCUT2D eigenvalue weighted by Crippen LogP contribution is 2.37. The van der Waals surface area contributed by atoms with E-state index in [2.05, 4.69) is 4.90 Å². The van der Waals surface area contributed by atoms with Crippen LogP contribution in [0.25, 0.3) is 0 Å². The molecule has 0 amide bonds. The minimum Gasteiger partial charge on any atom is -0.383 e. The fourth-order valence-corrected chi connectivity index (χ4v) is 3.56. The molecule has 96 valence electrons. The van der Waals surface area contributed by atoms with Crippen molar-refractivity contribution < 1.29 is 4.74 Å². The SMILES string of the molecule is COCCN1CCC(Cl)C2CCCCC21.Cl. The Labute approximate surface area is 110 Å². The average molecular weight is 268 g/mol. The number of alkyl halides is 1. The third-order valence-electron chi connectivity index (χ3n) is 3.99. The fourth-order valence-electron chi connectivity index (χ4n) is 3.17. The van der Waals surface area contributed by atoms with Gasteiger partial charge in [-0.15, -0.1) is 24.0 Å². The van der Waals surface area contributed by atoms with Gasteiger partial charge in [-0.3, -0.25) is 4.90 Å². The van der Waals surface area contributed by atoms with Gasteiger partial charge in [0, 0.05) is 25.1 Å². The Balaban J connectivity index is 0.00000128. The Morgan fingerprint density at radius 1 is 1.25 bits per heavy atom. The topological polar surface area (TPSA) is 12.5 Å². The Morgan fingerprint density at radius 3 is 2.75 bits per heavy atom. The smallest absolute Gasteiger partial charge is 0.0589 e. The van der Waals surface area contributed by atoms with E-state index in [1.54, 1.807) is 7.11 Å². The number of ether oxygens (including phenoxy) is 1. The number of fused-ring (bicyclic) bond motifs is 1. The first kappa shape index (κ1) is 14.6. The van der Waals surface area contributed by atoms with Crippen LogP contribution in [0.1, 0.15) is 32.1 Å². The van der Waals surface area contributed by atoms with Crippen LogP contribution in [-0.2, 0) is 4.74 Å². The number of halogens is 2. The van der Waals surface area contributed by atoms with Crippen molar-refractivity contribution in [1.82, 2.24) is 4.90 Å². The second-order valence-corrected chi connectivity index (χ2v) is 5.41. The fraction of sp³-hybridized carbons (Fsp3) is 1.00. The van der Waals surface area contributed by atoms with E-state index in [-0.39, 0.29) is 12.4 Å². The third kappa shape index (κ3) is 3.25. The summed E-state index contributed by atoms with van der Waals surface area (Å²) in [6.45, 7) is 3.11. The van der Waals surface area contributed by atoms with Gasteiger partial charge in [-0.25, -0.2) is 0 Å². The zero-order valence-corrected chi connectivity index (χ0v) is 11.6. The minimum atomic E-state index is 0. The molecule has 2 aliphatic rings. The molecule has 0 spiro atoms. The third-order valence-corrected chi connectivity index (χ3v) is 4.53. The number of hydrogen-bond donors (Lipinski definition) is 0. The quantitative estimate of drug-likeness (QED) is 0.730. The predicted molar refractivity (Wildman–Crippen MR) is 70.7 cm³/mol. The largest absolute Gasteiger partial charge is 0.383 e. The van der Waals surface area contributed by atoms with Gasteiger partial charge in [-0.05, 0) is 31.7 Å². The number of nitrogens with zero attached hydrogens (tertiary/aromatic N) is 1. The van der Waals surface area contributed by atoms with Gasteiger partial charge in [0.1, 0.15) is 0 Å². The molecule has 2 fully saturated rings. The van der Waals surface area contributed by atoms with Crippen molar-refractivity contribution in [2.24, 2.45) is 5.92 Å². The number of rotatable bonds is 3. The molecule has 4 heteroatoms. The highest BCUT2D eigenvalue weighted by molar-refractivity contribution is 6.20. The molecule has 16 heavy (non-hydrogen) atoms. The first-order valence-corrected chi connectivity index (χ1v) is 6.63. The maximum Gasteiger partial charge on any atom is 0.0589 e. The van der Waals surface area contributed by atoms with Crippen LogP contribution in [0.3, 0.4) is 0 Å². The molecule has 3 atom stereocenters. The van der Waals surface area contributed by atoms with Crippen LogP contribution in [0, 0.1) is 5.92 Å². The molecular formula is C12H23Cl2NO. The van der Waals surface area contributed by atoms with E-state index >= 15 is 0 Å². The lowest BCUT2D eigenvalue weighted by Crippen LogP contribution is -2.51. The first-order chi connectivity index (χ1) is 7.33. The van der Waals surface area contributed by atoms with E-state index < -0.39 is 0 Å². The lowest BCUT2D eigenvalue weighted by atomic mass is 9.78. The van der Waals surface area contributed by atoms with E-state index in [0.29, 0.717) is 5.38 Å². The van der Waals surface area contributed by atoms with E-state index in [1.807, 2.05) is 0 Å². The molecule has 0 radical (unpaired) electrons. The summed E-state index contributed by atoms with van der Waals surface area (Å²) >= 11 is 6.43. The van der Waals surface area contributed by atoms with E-state index in [4.69, 9.17) is 16.3 Å². The number of likely N-dealkylation sites (tertiary alicyclic amines) is 1. The number of methoxy groups -OCH3 is 1. The summed E-state index contributed by atoms with van der Waals surface area (Å²) in [6.07, 6.45) is 6.60. The zero-order chi connectivity index (χ0) is 10.7. The van der Waals surface area contributed by atoms with Crippen molar-refractivity contribution in [2.75, 3.05) is 26.8 Å². The molecule has 0 aromatic carbocycles. The number of hydrogen-bond acceptors (Lipinski definition) is 2. The van der Waals surface area contributed by atoms with Gasteiger partial charge in [0.05, 0.1) is 6.61 Å². The summed E-state index contributed by atoms with van der Waals surface area (Å²) in [5.41, 5.74) is 0. The van der Waals surface area contributed by atoms with Crippen molar-refractivity contribution in [3.8, 4) is 0 Å². The molecule has 0 bridgehead atoms. The summed E-state index contributed by atoms with van der Waals surface area (Å²) in [6, 6.07) is 0.741. The molecule has 2 rings (SSSR count). The van der Waals surface area contributed by atoms with Crippen LogP contribution < -0.4 is 0 Å². The summed E-state index contributed by atoms with van der Waals surface area (Å²) in [4.78, 5) is 2.60. The van der Waals surface area contributed by atoms with Gasteiger partial charge in [0.25, 0.3) is 0 Å². The predicted octanol–water partition coefficient (Wildman–Crippen LogP) is 2.93. The molecular weight excluding hydrogens is 245 g/mol. The Bertz CT molecular complexity index is 201. The van der Waals surface area contributed by atoms with Crippen molar-refractivity contribution in [2.45, 2.75) is 43.5 Å². The Hall–Kier alpha value is 0.500. The Kier molecular flexibility index (Phi) is 6.42. The van der Waals surface area contributed by atoms with Crippen LogP contribution in [0.4, 0.5) is 0 Å².